The van der Waals surface area contributed by atoms with Crippen molar-refractivity contribution in [1.29, 1.82) is 0 Å². The molecule has 5 nitrogen and oxygen atoms in total. The molecule has 8 heteroatoms. The number of alkyl halides is 3. The molecule has 26 heavy (non-hydrogen) atoms. The molecule has 1 N–H and O–H groups in total. The quantitative estimate of drug-likeness (QED) is 0.863. The number of benzene rings is 1. The molecule has 0 bridgehead atoms. The second-order valence-electron chi connectivity index (χ2n) is 7.39. The van der Waals surface area contributed by atoms with Crippen molar-refractivity contribution in [3.8, 4) is 5.75 Å². The zero-order valence-corrected chi connectivity index (χ0v) is 15.2. The number of nitrogens with zero attached hydrogens (tertiary/aromatic N) is 1. The number of piperidine rings is 1. The van der Waals surface area contributed by atoms with Crippen molar-refractivity contribution >= 4 is 6.09 Å². The van der Waals surface area contributed by atoms with E-state index in [4.69, 9.17) is 4.74 Å². The summed E-state index contributed by atoms with van der Waals surface area (Å²) in [4.78, 5) is 14.0. The van der Waals surface area contributed by atoms with Gasteiger partial charge in [-0.25, -0.2) is 4.79 Å². The van der Waals surface area contributed by atoms with Crippen LogP contribution in [0.25, 0.3) is 0 Å². The maximum absolute atomic E-state index is 12.2. The molecule has 0 saturated carbocycles. The number of carbonyl (C=O) groups is 1. The molecule has 1 heterocycles. The molecular formula is C18H25F3N2O3. The predicted molar refractivity (Wildman–Crippen MR) is 90.8 cm³/mol. The number of hydrogen-bond donors (Lipinski definition) is 1. The summed E-state index contributed by atoms with van der Waals surface area (Å²) in [5.74, 6) is -0.221. The molecule has 0 spiro atoms. The lowest BCUT2D eigenvalue weighted by atomic mass is 10.0. The fraction of sp³-hybridized carbons (Fsp3) is 0.611. The van der Waals surface area contributed by atoms with Gasteiger partial charge in [0.15, 0.2) is 0 Å². The van der Waals surface area contributed by atoms with Gasteiger partial charge < -0.3 is 14.8 Å². The molecule has 2 rings (SSSR count). The summed E-state index contributed by atoms with van der Waals surface area (Å²) < 4.78 is 45.6. The molecule has 1 fully saturated rings. The monoisotopic (exact) mass is 374 g/mol. The van der Waals surface area contributed by atoms with Crippen LogP contribution in [-0.4, -0.2) is 42.1 Å². The standard InChI is InChI=1S/C18H25F3N2O3/c1-17(2,3)26-16(24)22-14-8-10-23(11-9-14)12-13-4-6-15(7-5-13)25-18(19,20)21/h4-7,14H,8-12H2,1-3H3,(H,22,24). The Labute approximate surface area is 151 Å². The fourth-order valence-corrected chi connectivity index (χ4v) is 2.76. The molecule has 146 valence electrons. The Morgan fingerprint density at radius 3 is 2.23 bits per heavy atom. The van der Waals surface area contributed by atoms with Gasteiger partial charge in [-0.1, -0.05) is 12.1 Å². The van der Waals surface area contributed by atoms with Crippen LogP contribution in [0, 0.1) is 0 Å². The Morgan fingerprint density at radius 1 is 1.15 bits per heavy atom. The minimum atomic E-state index is -4.68. The van der Waals surface area contributed by atoms with Crippen LogP contribution >= 0.6 is 0 Å². The topological polar surface area (TPSA) is 50.8 Å². The van der Waals surface area contributed by atoms with E-state index in [0.717, 1.165) is 31.5 Å². The third kappa shape index (κ3) is 7.51. The van der Waals surface area contributed by atoms with Gasteiger partial charge in [0.1, 0.15) is 11.4 Å². The number of nitrogens with one attached hydrogen (secondary N) is 1. The maximum atomic E-state index is 12.2. The Morgan fingerprint density at radius 2 is 1.73 bits per heavy atom. The van der Waals surface area contributed by atoms with Crippen LogP contribution in [0.5, 0.6) is 5.75 Å². The van der Waals surface area contributed by atoms with Crippen molar-refractivity contribution in [2.45, 2.75) is 58.2 Å². The summed E-state index contributed by atoms with van der Waals surface area (Å²) in [6.07, 6.45) is -3.48. The van der Waals surface area contributed by atoms with E-state index in [1.165, 1.54) is 12.1 Å². The van der Waals surface area contributed by atoms with Gasteiger partial charge in [0.25, 0.3) is 0 Å². The number of alkyl carbamates (subject to hydrolysis) is 1. The lowest BCUT2D eigenvalue weighted by molar-refractivity contribution is -0.274. The van der Waals surface area contributed by atoms with Crippen LogP contribution in [0.3, 0.4) is 0 Å². The van der Waals surface area contributed by atoms with Gasteiger partial charge in [0.2, 0.25) is 0 Å². The second kappa shape index (κ2) is 8.16. The summed E-state index contributed by atoms with van der Waals surface area (Å²) in [5.41, 5.74) is 0.394. The summed E-state index contributed by atoms with van der Waals surface area (Å²) in [7, 11) is 0. The Bertz CT molecular complexity index is 589. The highest BCUT2D eigenvalue weighted by Gasteiger charge is 2.31. The van der Waals surface area contributed by atoms with Gasteiger partial charge in [0.05, 0.1) is 0 Å². The van der Waals surface area contributed by atoms with Gasteiger partial charge in [-0.2, -0.15) is 0 Å². The number of rotatable bonds is 4. The molecule has 1 aromatic carbocycles. The van der Waals surface area contributed by atoms with E-state index in [1.54, 1.807) is 12.1 Å². The van der Waals surface area contributed by atoms with E-state index in [-0.39, 0.29) is 11.8 Å². The smallest absolute Gasteiger partial charge is 0.444 e. The number of ether oxygens (including phenoxy) is 2. The molecule has 1 amide bonds. The number of hydrogen-bond acceptors (Lipinski definition) is 4. The van der Waals surface area contributed by atoms with Crippen molar-refractivity contribution in [1.82, 2.24) is 10.2 Å². The number of halogens is 3. The lowest BCUT2D eigenvalue weighted by Gasteiger charge is -2.32. The molecule has 1 aromatic rings. The first-order valence-corrected chi connectivity index (χ1v) is 8.57. The Balaban J connectivity index is 1.75. The van der Waals surface area contributed by atoms with E-state index in [2.05, 4.69) is 15.0 Å². The van der Waals surface area contributed by atoms with Crippen molar-refractivity contribution in [3.05, 3.63) is 29.8 Å². The van der Waals surface area contributed by atoms with Crippen LogP contribution in [0.1, 0.15) is 39.2 Å². The SMILES string of the molecule is CC(C)(C)OC(=O)NC1CCN(Cc2ccc(OC(F)(F)F)cc2)CC1. The van der Waals surface area contributed by atoms with Crippen LogP contribution in [0.4, 0.5) is 18.0 Å². The first-order valence-electron chi connectivity index (χ1n) is 8.57. The molecular weight excluding hydrogens is 349 g/mol. The van der Waals surface area contributed by atoms with Gasteiger partial charge >= 0.3 is 12.5 Å². The van der Waals surface area contributed by atoms with E-state index in [0.29, 0.717) is 6.54 Å². The largest absolute Gasteiger partial charge is 0.573 e. The number of amides is 1. The molecule has 1 aliphatic rings. The zero-order valence-electron chi connectivity index (χ0n) is 15.2. The van der Waals surface area contributed by atoms with Crippen molar-refractivity contribution < 1.29 is 27.4 Å². The molecule has 0 radical (unpaired) electrons. The van der Waals surface area contributed by atoms with Crippen LogP contribution in [-0.2, 0) is 11.3 Å². The first-order chi connectivity index (χ1) is 12.0. The van der Waals surface area contributed by atoms with Crippen molar-refractivity contribution in [3.63, 3.8) is 0 Å². The van der Waals surface area contributed by atoms with Crippen molar-refractivity contribution in [2.75, 3.05) is 13.1 Å². The third-order valence-corrected chi connectivity index (χ3v) is 3.87. The second-order valence-corrected chi connectivity index (χ2v) is 7.39. The summed E-state index contributed by atoms with van der Waals surface area (Å²) in [5, 5.41) is 2.88. The highest BCUT2D eigenvalue weighted by Crippen LogP contribution is 2.23. The molecule has 0 atom stereocenters. The van der Waals surface area contributed by atoms with E-state index in [9.17, 15) is 18.0 Å². The summed E-state index contributed by atoms with van der Waals surface area (Å²) >= 11 is 0. The van der Waals surface area contributed by atoms with E-state index in [1.807, 2.05) is 20.8 Å². The first kappa shape index (κ1) is 20.4. The highest BCUT2D eigenvalue weighted by molar-refractivity contribution is 5.68. The minimum Gasteiger partial charge on any atom is -0.444 e. The summed E-state index contributed by atoms with van der Waals surface area (Å²) in [6, 6.07) is 5.97. The third-order valence-electron chi connectivity index (χ3n) is 3.87. The predicted octanol–water partition coefficient (Wildman–Crippen LogP) is 4.07. The Hall–Kier alpha value is -1.96. The van der Waals surface area contributed by atoms with E-state index >= 15 is 0 Å². The van der Waals surface area contributed by atoms with Gasteiger partial charge in [-0.15, -0.1) is 13.2 Å². The zero-order chi connectivity index (χ0) is 19.4. The molecule has 1 aliphatic heterocycles. The van der Waals surface area contributed by atoms with Gasteiger partial charge in [0, 0.05) is 25.7 Å². The van der Waals surface area contributed by atoms with Crippen LogP contribution in [0.2, 0.25) is 0 Å². The highest BCUT2D eigenvalue weighted by atomic mass is 19.4. The maximum Gasteiger partial charge on any atom is 0.573 e. The van der Waals surface area contributed by atoms with Crippen LogP contribution in [0.15, 0.2) is 24.3 Å². The lowest BCUT2D eigenvalue weighted by Crippen LogP contribution is -2.45. The van der Waals surface area contributed by atoms with E-state index < -0.39 is 18.1 Å². The van der Waals surface area contributed by atoms with Crippen molar-refractivity contribution in [2.24, 2.45) is 0 Å². The average Bonchev–Trinajstić information content (AvgIpc) is 2.48. The molecule has 0 aliphatic carbocycles. The molecule has 0 unspecified atom stereocenters. The van der Waals surface area contributed by atoms with Crippen LogP contribution < -0.4 is 10.1 Å². The normalized spacial score (nSPS) is 17.0. The molecule has 0 aromatic heterocycles. The fourth-order valence-electron chi connectivity index (χ4n) is 2.76. The summed E-state index contributed by atoms with van der Waals surface area (Å²) in [6.45, 7) is 7.69. The number of likely N-dealkylation sites (tertiary alicyclic amines) is 1. The van der Waals surface area contributed by atoms with Gasteiger partial charge in [-0.3, -0.25) is 4.90 Å². The van der Waals surface area contributed by atoms with Gasteiger partial charge in [-0.05, 0) is 51.3 Å². The minimum absolute atomic E-state index is 0.0728. The molecule has 1 saturated heterocycles. The average molecular weight is 374 g/mol. The Kier molecular flexibility index (Phi) is 6.39. The number of carbonyl (C=O) groups excluding carboxylic acids is 1.